The van der Waals surface area contributed by atoms with Gasteiger partial charge in [0.2, 0.25) is 0 Å². The van der Waals surface area contributed by atoms with Crippen LogP contribution in [0.25, 0.3) is 0 Å². The number of hydrogen-bond acceptors (Lipinski definition) is 6. The Morgan fingerprint density at radius 3 is 0.721 bits per heavy atom. The molecule has 0 aromatic rings. The predicted molar refractivity (Wildman–Crippen MR) is 293 cm³/mol. The fourth-order valence-corrected chi connectivity index (χ4v) is 9.58. The van der Waals surface area contributed by atoms with Crippen LogP contribution in [-0.2, 0) is 28.6 Å². The highest BCUT2D eigenvalue weighted by molar-refractivity contribution is 5.71. The van der Waals surface area contributed by atoms with E-state index < -0.39 is 6.10 Å². The van der Waals surface area contributed by atoms with E-state index in [2.05, 4.69) is 34.6 Å². The molecule has 1 atom stereocenters. The molecule has 6 heteroatoms. The normalized spacial score (nSPS) is 12.0. The molecule has 0 saturated carbocycles. The molecule has 0 aliphatic carbocycles. The van der Waals surface area contributed by atoms with Crippen molar-refractivity contribution in [3.8, 4) is 0 Å². The molecule has 0 fully saturated rings. The lowest BCUT2D eigenvalue weighted by Gasteiger charge is -2.18. The topological polar surface area (TPSA) is 78.9 Å². The summed E-state index contributed by atoms with van der Waals surface area (Å²) in [5.41, 5.74) is 0. The summed E-state index contributed by atoms with van der Waals surface area (Å²) >= 11 is 0. The molecular weight excluding hydrogens is 841 g/mol. The van der Waals surface area contributed by atoms with Crippen LogP contribution in [0.5, 0.6) is 0 Å². The van der Waals surface area contributed by atoms with Crippen molar-refractivity contribution in [1.82, 2.24) is 0 Å². The van der Waals surface area contributed by atoms with E-state index in [-0.39, 0.29) is 31.1 Å². The standard InChI is InChI=1S/C62H120O6/c1-6-7-8-9-10-11-12-13-14-15-16-20-23-26-29-32-37-42-47-52-60(63)66-55-59(68-62(65)54-49-44-39-34-36-41-46-51-58(4)5)56-67-61(64)53-48-43-38-33-30-27-24-21-18-17-19-22-25-28-31-35-40-45-50-57(2)3/h57-59H,6-56H2,1-5H3/t59-/m0/s1. The monoisotopic (exact) mass is 961 g/mol. The maximum atomic E-state index is 12.8. The smallest absolute Gasteiger partial charge is 0.306 e. The van der Waals surface area contributed by atoms with Crippen molar-refractivity contribution in [1.29, 1.82) is 0 Å². The van der Waals surface area contributed by atoms with Crippen LogP contribution < -0.4 is 0 Å². The number of carbonyl (C=O) groups is 3. The summed E-state index contributed by atoms with van der Waals surface area (Å²) in [7, 11) is 0. The number of hydrogen-bond donors (Lipinski definition) is 0. The lowest BCUT2D eigenvalue weighted by atomic mass is 10.0. The van der Waals surface area contributed by atoms with Crippen molar-refractivity contribution in [2.24, 2.45) is 11.8 Å². The highest BCUT2D eigenvalue weighted by atomic mass is 16.6. The van der Waals surface area contributed by atoms with E-state index in [4.69, 9.17) is 14.2 Å². The Morgan fingerprint density at radius 2 is 0.485 bits per heavy atom. The van der Waals surface area contributed by atoms with Crippen LogP contribution in [-0.4, -0.2) is 37.2 Å². The number of carbonyl (C=O) groups excluding carboxylic acids is 3. The minimum Gasteiger partial charge on any atom is -0.462 e. The van der Waals surface area contributed by atoms with E-state index >= 15 is 0 Å². The maximum absolute atomic E-state index is 12.8. The quantitative estimate of drug-likeness (QED) is 0.0343. The summed E-state index contributed by atoms with van der Waals surface area (Å²) in [5.74, 6) is 0.797. The lowest BCUT2D eigenvalue weighted by molar-refractivity contribution is -0.167. The summed E-state index contributed by atoms with van der Waals surface area (Å²) in [5, 5.41) is 0. The molecule has 0 radical (unpaired) electrons. The molecule has 0 aliphatic rings. The molecule has 0 aliphatic heterocycles. The average molecular weight is 962 g/mol. The first-order valence-electron chi connectivity index (χ1n) is 30.7. The maximum Gasteiger partial charge on any atom is 0.306 e. The first kappa shape index (κ1) is 66.4. The van der Waals surface area contributed by atoms with E-state index in [1.54, 1.807) is 0 Å². The van der Waals surface area contributed by atoms with Gasteiger partial charge in [-0.25, -0.2) is 0 Å². The number of unbranched alkanes of at least 4 members (excludes halogenated alkanes) is 41. The van der Waals surface area contributed by atoms with Crippen molar-refractivity contribution in [3.63, 3.8) is 0 Å². The second-order valence-corrected chi connectivity index (χ2v) is 22.3. The third-order valence-electron chi connectivity index (χ3n) is 14.2. The summed E-state index contributed by atoms with van der Waals surface area (Å²) in [6.07, 6.45) is 59.8. The minimum atomic E-state index is -0.763. The van der Waals surface area contributed by atoms with Crippen LogP contribution in [0, 0.1) is 11.8 Å². The molecule has 0 heterocycles. The van der Waals surface area contributed by atoms with Crippen molar-refractivity contribution in [2.75, 3.05) is 13.2 Å². The van der Waals surface area contributed by atoms with Gasteiger partial charge in [0.15, 0.2) is 6.10 Å². The van der Waals surface area contributed by atoms with E-state index in [0.29, 0.717) is 19.3 Å². The van der Waals surface area contributed by atoms with Gasteiger partial charge >= 0.3 is 17.9 Å². The molecule has 404 valence electrons. The molecule has 0 bridgehead atoms. The highest BCUT2D eigenvalue weighted by Crippen LogP contribution is 2.19. The largest absolute Gasteiger partial charge is 0.462 e. The molecule has 0 aromatic carbocycles. The van der Waals surface area contributed by atoms with E-state index in [1.165, 1.54) is 238 Å². The van der Waals surface area contributed by atoms with E-state index in [1.807, 2.05) is 0 Å². The number of esters is 3. The first-order valence-corrected chi connectivity index (χ1v) is 30.7. The van der Waals surface area contributed by atoms with Gasteiger partial charge < -0.3 is 14.2 Å². The van der Waals surface area contributed by atoms with E-state index in [9.17, 15) is 14.4 Å². The van der Waals surface area contributed by atoms with Gasteiger partial charge in [0.25, 0.3) is 0 Å². The van der Waals surface area contributed by atoms with Gasteiger partial charge in [0.1, 0.15) is 13.2 Å². The first-order chi connectivity index (χ1) is 33.2. The minimum absolute atomic E-state index is 0.0633. The van der Waals surface area contributed by atoms with Gasteiger partial charge in [-0.15, -0.1) is 0 Å². The van der Waals surface area contributed by atoms with Gasteiger partial charge in [-0.1, -0.05) is 311 Å². The Labute approximate surface area is 425 Å². The zero-order valence-electron chi connectivity index (χ0n) is 46.7. The van der Waals surface area contributed by atoms with Crippen molar-refractivity contribution < 1.29 is 28.6 Å². The van der Waals surface area contributed by atoms with Crippen molar-refractivity contribution in [2.45, 2.75) is 355 Å². The molecule has 0 rings (SSSR count). The molecule has 0 spiro atoms. The van der Waals surface area contributed by atoms with Crippen molar-refractivity contribution in [3.05, 3.63) is 0 Å². The fraction of sp³-hybridized carbons (Fsp3) is 0.952. The number of rotatable bonds is 56. The average Bonchev–Trinajstić information content (AvgIpc) is 3.31. The third kappa shape index (κ3) is 55.3. The molecule has 0 N–H and O–H groups in total. The van der Waals surface area contributed by atoms with Crippen LogP contribution in [0.4, 0.5) is 0 Å². The van der Waals surface area contributed by atoms with Gasteiger partial charge in [-0.3, -0.25) is 14.4 Å². The van der Waals surface area contributed by atoms with Gasteiger partial charge in [-0.2, -0.15) is 0 Å². The number of ether oxygens (including phenoxy) is 3. The zero-order valence-corrected chi connectivity index (χ0v) is 46.7. The SMILES string of the molecule is CCCCCCCCCCCCCCCCCCCCCC(=O)OC[C@@H](COC(=O)CCCCCCCCCCCCCCCCCCCCC(C)C)OC(=O)CCCCCCCCCC(C)C. The fourth-order valence-electron chi connectivity index (χ4n) is 9.58. The Bertz CT molecular complexity index is 1040. The van der Waals surface area contributed by atoms with Crippen LogP contribution in [0.3, 0.4) is 0 Å². The Morgan fingerprint density at radius 1 is 0.279 bits per heavy atom. The van der Waals surface area contributed by atoms with Crippen LogP contribution in [0.15, 0.2) is 0 Å². The van der Waals surface area contributed by atoms with Gasteiger partial charge in [0, 0.05) is 19.3 Å². The van der Waals surface area contributed by atoms with Crippen LogP contribution in [0.1, 0.15) is 349 Å². The zero-order chi connectivity index (χ0) is 49.6. The molecule has 68 heavy (non-hydrogen) atoms. The molecule has 6 nitrogen and oxygen atoms in total. The molecule has 0 amide bonds. The Kier molecular flexibility index (Phi) is 53.5. The summed E-state index contributed by atoms with van der Waals surface area (Å²) in [6, 6.07) is 0. The third-order valence-corrected chi connectivity index (χ3v) is 14.2. The summed E-state index contributed by atoms with van der Waals surface area (Å²) < 4.78 is 16.9. The Hall–Kier alpha value is -1.59. The molecular formula is C62H120O6. The summed E-state index contributed by atoms with van der Waals surface area (Å²) in [6.45, 7) is 11.4. The van der Waals surface area contributed by atoms with Crippen LogP contribution in [0.2, 0.25) is 0 Å². The van der Waals surface area contributed by atoms with Gasteiger partial charge in [0.05, 0.1) is 0 Å². The van der Waals surface area contributed by atoms with E-state index in [0.717, 1.165) is 69.6 Å². The van der Waals surface area contributed by atoms with Crippen molar-refractivity contribution >= 4 is 17.9 Å². The predicted octanol–water partition coefficient (Wildman–Crippen LogP) is 20.4. The summed E-state index contributed by atoms with van der Waals surface area (Å²) in [4.78, 5) is 38.1. The van der Waals surface area contributed by atoms with Gasteiger partial charge in [-0.05, 0) is 31.1 Å². The molecule has 0 unspecified atom stereocenters. The lowest BCUT2D eigenvalue weighted by Crippen LogP contribution is -2.30. The molecule has 0 saturated heterocycles. The Balaban J connectivity index is 4.17. The molecule has 0 aromatic heterocycles. The second kappa shape index (κ2) is 54.7. The van der Waals surface area contributed by atoms with Crippen LogP contribution >= 0.6 is 0 Å². The highest BCUT2D eigenvalue weighted by Gasteiger charge is 2.19. The second-order valence-electron chi connectivity index (χ2n) is 22.3.